The molecule has 1 aromatic carbocycles. The molecule has 1 rings (SSSR count). The van der Waals surface area contributed by atoms with Crippen LogP contribution in [-0.2, 0) is 4.79 Å². The highest BCUT2D eigenvalue weighted by molar-refractivity contribution is 5.74. The predicted molar refractivity (Wildman–Crippen MR) is 69.6 cm³/mol. The Kier molecular flexibility index (Phi) is 4.69. The first kappa shape index (κ1) is 14.5. The van der Waals surface area contributed by atoms with Gasteiger partial charge in [-0.15, -0.1) is 0 Å². The smallest absolute Gasteiger partial charge is 0.322 e. The number of aliphatic carboxylic acids is 1. The summed E-state index contributed by atoms with van der Waals surface area (Å²) in [6.45, 7) is 4.06. The molecule has 5 N–H and O–H groups in total. The first-order valence-corrected chi connectivity index (χ1v) is 5.80. The van der Waals surface area contributed by atoms with Gasteiger partial charge >= 0.3 is 5.97 Å². The molecule has 5 nitrogen and oxygen atoms in total. The van der Waals surface area contributed by atoms with Gasteiger partial charge in [0.15, 0.2) is 0 Å². The molecule has 0 fully saturated rings. The van der Waals surface area contributed by atoms with Crippen molar-refractivity contribution in [2.75, 3.05) is 7.11 Å². The highest BCUT2D eigenvalue weighted by Gasteiger charge is 2.23. The van der Waals surface area contributed by atoms with Crippen molar-refractivity contribution in [1.29, 1.82) is 0 Å². The Balaban J connectivity index is 3.11. The summed E-state index contributed by atoms with van der Waals surface area (Å²) in [5, 5.41) is 8.86. The summed E-state index contributed by atoms with van der Waals surface area (Å²) in [5.74, 6) is -0.0811. The molecule has 0 saturated carbocycles. The van der Waals surface area contributed by atoms with Crippen molar-refractivity contribution < 1.29 is 14.6 Å². The van der Waals surface area contributed by atoms with E-state index in [1.54, 1.807) is 19.2 Å². The summed E-state index contributed by atoms with van der Waals surface area (Å²) in [6, 6.07) is 3.55. The van der Waals surface area contributed by atoms with Crippen LogP contribution in [0.15, 0.2) is 18.2 Å². The van der Waals surface area contributed by atoms with Crippen molar-refractivity contribution in [3.05, 3.63) is 29.3 Å². The lowest BCUT2D eigenvalue weighted by atomic mass is 9.94. The molecular weight excluding hydrogens is 232 g/mol. The summed E-state index contributed by atoms with van der Waals surface area (Å²) < 4.78 is 5.26. The predicted octanol–water partition coefficient (Wildman–Crippen LogP) is 1.23. The van der Waals surface area contributed by atoms with Crippen LogP contribution in [-0.4, -0.2) is 24.2 Å². The van der Waals surface area contributed by atoms with E-state index in [1.165, 1.54) is 0 Å². The molecule has 0 radical (unpaired) electrons. The van der Waals surface area contributed by atoms with E-state index in [0.29, 0.717) is 5.56 Å². The van der Waals surface area contributed by atoms with Gasteiger partial charge in [0.2, 0.25) is 0 Å². The SMILES string of the molecule is COc1ccc(C(N)C(N)C(=O)O)cc1C(C)C. The van der Waals surface area contributed by atoms with Crippen LogP contribution in [0.1, 0.15) is 36.9 Å². The number of hydrogen-bond acceptors (Lipinski definition) is 4. The highest BCUT2D eigenvalue weighted by atomic mass is 16.5. The first-order chi connectivity index (χ1) is 8.38. The number of benzene rings is 1. The third-order valence-corrected chi connectivity index (χ3v) is 2.93. The third kappa shape index (κ3) is 3.00. The zero-order valence-corrected chi connectivity index (χ0v) is 10.9. The quantitative estimate of drug-likeness (QED) is 0.732. The summed E-state index contributed by atoms with van der Waals surface area (Å²) in [7, 11) is 1.60. The van der Waals surface area contributed by atoms with Gasteiger partial charge in [-0.05, 0) is 23.1 Å². The van der Waals surface area contributed by atoms with E-state index in [4.69, 9.17) is 21.3 Å². The van der Waals surface area contributed by atoms with Gasteiger partial charge in [0.1, 0.15) is 11.8 Å². The molecule has 0 spiro atoms. The van der Waals surface area contributed by atoms with Crippen LogP contribution < -0.4 is 16.2 Å². The van der Waals surface area contributed by atoms with Gasteiger partial charge in [-0.1, -0.05) is 26.0 Å². The van der Waals surface area contributed by atoms with Crippen LogP contribution >= 0.6 is 0 Å². The molecule has 0 aliphatic heterocycles. The Morgan fingerprint density at radius 2 is 1.94 bits per heavy atom. The maximum Gasteiger partial charge on any atom is 0.322 e. The molecule has 18 heavy (non-hydrogen) atoms. The lowest BCUT2D eigenvalue weighted by molar-refractivity contribution is -0.139. The Bertz CT molecular complexity index is 432. The second-order valence-corrected chi connectivity index (χ2v) is 4.55. The summed E-state index contributed by atoms with van der Waals surface area (Å²) in [5.41, 5.74) is 13.1. The van der Waals surface area contributed by atoms with E-state index >= 15 is 0 Å². The second kappa shape index (κ2) is 5.84. The summed E-state index contributed by atoms with van der Waals surface area (Å²) >= 11 is 0. The molecule has 0 bridgehead atoms. The van der Waals surface area contributed by atoms with Gasteiger partial charge in [-0.2, -0.15) is 0 Å². The number of rotatable bonds is 5. The Hall–Kier alpha value is -1.59. The number of hydrogen-bond donors (Lipinski definition) is 3. The van der Waals surface area contributed by atoms with Crippen LogP contribution in [0.25, 0.3) is 0 Å². The Labute approximate surface area is 107 Å². The number of ether oxygens (including phenoxy) is 1. The fourth-order valence-electron chi connectivity index (χ4n) is 1.77. The van der Waals surface area contributed by atoms with Gasteiger partial charge in [-0.3, -0.25) is 4.79 Å². The van der Waals surface area contributed by atoms with Crippen LogP contribution in [0.2, 0.25) is 0 Å². The van der Waals surface area contributed by atoms with Crippen LogP contribution in [0.5, 0.6) is 5.75 Å². The van der Waals surface area contributed by atoms with E-state index in [1.807, 2.05) is 19.9 Å². The van der Waals surface area contributed by atoms with Crippen LogP contribution in [0.3, 0.4) is 0 Å². The summed E-state index contributed by atoms with van der Waals surface area (Å²) in [6.07, 6.45) is 0. The average Bonchev–Trinajstić information content (AvgIpc) is 2.35. The number of carboxylic acid groups (broad SMARTS) is 1. The third-order valence-electron chi connectivity index (χ3n) is 2.93. The Morgan fingerprint density at radius 1 is 1.33 bits per heavy atom. The second-order valence-electron chi connectivity index (χ2n) is 4.55. The van der Waals surface area contributed by atoms with Gasteiger partial charge in [-0.25, -0.2) is 0 Å². The first-order valence-electron chi connectivity index (χ1n) is 5.80. The molecule has 2 atom stereocenters. The lowest BCUT2D eigenvalue weighted by Crippen LogP contribution is -2.40. The van der Waals surface area contributed by atoms with Crippen molar-refractivity contribution in [3.63, 3.8) is 0 Å². The van der Waals surface area contributed by atoms with E-state index in [9.17, 15) is 4.79 Å². The Morgan fingerprint density at radius 3 is 2.39 bits per heavy atom. The van der Waals surface area contributed by atoms with Gasteiger partial charge < -0.3 is 21.3 Å². The summed E-state index contributed by atoms with van der Waals surface area (Å²) in [4.78, 5) is 10.8. The van der Waals surface area contributed by atoms with Crippen molar-refractivity contribution in [3.8, 4) is 5.75 Å². The maximum absolute atomic E-state index is 10.8. The van der Waals surface area contributed by atoms with Gasteiger partial charge in [0.05, 0.1) is 13.2 Å². The zero-order chi connectivity index (χ0) is 13.9. The largest absolute Gasteiger partial charge is 0.496 e. The van der Waals surface area contributed by atoms with Crippen molar-refractivity contribution in [2.24, 2.45) is 11.5 Å². The molecule has 1 aromatic rings. The van der Waals surface area contributed by atoms with Gasteiger partial charge in [0.25, 0.3) is 0 Å². The van der Waals surface area contributed by atoms with Crippen molar-refractivity contribution in [1.82, 2.24) is 0 Å². The van der Waals surface area contributed by atoms with Crippen LogP contribution in [0, 0.1) is 0 Å². The fourth-order valence-corrected chi connectivity index (χ4v) is 1.77. The number of nitrogens with two attached hydrogens (primary N) is 2. The molecule has 0 heterocycles. The minimum Gasteiger partial charge on any atom is -0.496 e. The monoisotopic (exact) mass is 252 g/mol. The minimum absolute atomic E-state index is 0.258. The molecule has 0 amide bonds. The number of methoxy groups -OCH3 is 1. The average molecular weight is 252 g/mol. The lowest BCUT2D eigenvalue weighted by Gasteiger charge is -2.19. The van der Waals surface area contributed by atoms with Crippen molar-refractivity contribution in [2.45, 2.75) is 31.8 Å². The van der Waals surface area contributed by atoms with E-state index in [2.05, 4.69) is 0 Å². The van der Waals surface area contributed by atoms with Crippen LogP contribution in [0.4, 0.5) is 0 Å². The van der Waals surface area contributed by atoms with E-state index < -0.39 is 18.1 Å². The number of carboxylic acids is 1. The highest BCUT2D eigenvalue weighted by Crippen LogP contribution is 2.29. The normalized spacial score (nSPS) is 14.3. The molecule has 2 unspecified atom stereocenters. The molecular formula is C13H20N2O3. The zero-order valence-electron chi connectivity index (χ0n) is 10.9. The molecule has 0 aliphatic carbocycles. The minimum atomic E-state index is -1.11. The standard InChI is InChI=1S/C13H20N2O3/c1-7(2)9-6-8(4-5-10(9)18-3)11(14)12(15)13(16)17/h4-7,11-12H,14-15H2,1-3H3,(H,16,17). The number of carbonyl (C=O) groups is 1. The maximum atomic E-state index is 10.8. The molecule has 0 saturated heterocycles. The molecule has 100 valence electrons. The molecule has 0 aliphatic rings. The van der Waals surface area contributed by atoms with Crippen molar-refractivity contribution >= 4 is 5.97 Å². The van der Waals surface area contributed by atoms with E-state index in [-0.39, 0.29) is 5.92 Å². The fraction of sp³-hybridized carbons (Fsp3) is 0.462. The van der Waals surface area contributed by atoms with E-state index in [0.717, 1.165) is 11.3 Å². The van der Waals surface area contributed by atoms with Gasteiger partial charge in [0, 0.05) is 0 Å². The topological polar surface area (TPSA) is 98.6 Å². The molecule has 5 heteroatoms. The molecule has 0 aromatic heterocycles.